The molecule has 2 rings (SSSR count). The van der Waals surface area contributed by atoms with E-state index in [1.54, 1.807) is 0 Å². The Morgan fingerprint density at radius 1 is 1.28 bits per heavy atom. The van der Waals surface area contributed by atoms with E-state index >= 15 is 0 Å². The van der Waals surface area contributed by atoms with Crippen LogP contribution in [0.15, 0.2) is 0 Å². The Morgan fingerprint density at radius 3 is 2.50 bits per heavy atom. The van der Waals surface area contributed by atoms with Crippen molar-refractivity contribution in [3.8, 4) is 0 Å². The average molecular weight is 275 g/mol. The Kier molecular flexibility index (Phi) is 4.58. The fraction of sp³-hybridized carbons (Fsp3) is 0.909. The van der Waals surface area contributed by atoms with Gasteiger partial charge >= 0.3 is 0 Å². The van der Waals surface area contributed by atoms with Crippen LogP contribution in [-0.2, 0) is 14.8 Å². The summed E-state index contributed by atoms with van der Waals surface area (Å²) in [6.07, 6.45) is 3.44. The average Bonchev–Trinajstić information content (AvgIpc) is 2.11. The number of rotatable bonds is 7. The first-order chi connectivity index (χ1) is 8.57. The van der Waals surface area contributed by atoms with Gasteiger partial charge in [0.05, 0.1) is 11.7 Å². The number of amides is 1. The summed E-state index contributed by atoms with van der Waals surface area (Å²) in [7, 11) is -3.24. The second kappa shape index (κ2) is 5.99. The highest BCUT2D eigenvalue weighted by molar-refractivity contribution is 7.89. The van der Waals surface area contributed by atoms with Gasteiger partial charge in [-0.2, -0.15) is 0 Å². The van der Waals surface area contributed by atoms with E-state index in [1.807, 2.05) is 0 Å². The highest BCUT2D eigenvalue weighted by Gasteiger charge is 2.25. The molecule has 0 atom stereocenters. The van der Waals surface area contributed by atoms with E-state index in [9.17, 15) is 13.2 Å². The fourth-order valence-corrected chi connectivity index (χ4v) is 2.95. The first kappa shape index (κ1) is 13.8. The zero-order chi connectivity index (χ0) is 13.0. The molecular formula is C11H21N3O3S. The first-order valence-corrected chi connectivity index (χ1v) is 8.18. The Balaban J connectivity index is 1.59. The van der Waals surface area contributed by atoms with Crippen molar-refractivity contribution in [3.05, 3.63) is 0 Å². The number of nitrogens with one attached hydrogen (secondary N) is 3. The molecule has 1 saturated carbocycles. The van der Waals surface area contributed by atoms with Crippen LogP contribution in [0.1, 0.15) is 19.3 Å². The van der Waals surface area contributed by atoms with Gasteiger partial charge in [0.15, 0.2) is 0 Å². The molecule has 1 heterocycles. The molecule has 0 aromatic carbocycles. The lowest BCUT2D eigenvalue weighted by Crippen LogP contribution is -2.51. The van der Waals surface area contributed by atoms with Crippen LogP contribution in [0.25, 0.3) is 0 Å². The lowest BCUT2D eigenvalue weighted by molar-refractivity contribution is -0.126. The van der Waals surface area contributed by atoms with Crippen molar-refractivity contribution >= 4 is 15.9 Å². The summed E-state index contributed by atoms with van der Waals surface area (Å²) < 4.78 is 25.9. The number of carbonyl (C=O) groups is 1. The van der Waals surface area contributed by atoms with Gasteiger partial charge in [-0.25, -0.2) is 13.1 Å². The van der Waals surface area contributed by atoms with Gasteiger partial charge < -0.3 is 10.6 Å². The molecule has 1 amide bonds. The van der Waals surface area contributed by atoms with E-state index < -0.39 is 10.0 Å². The SMILES string of the molecule is O=C(NCCS(=O)(=O)NCC1CCC1)C1CNC1. The number of hydrogen-bond acceptors (Lipinski definition) is 4. The van der Waals surface area contributed by atoms with E-state index in [2.05, 4.69) is 15.4 Å². The number of carbonyl (C=O) groups excluding carboxylic acids is 1. The highest BCUT2D eigenvalue weighted by Crippen LogP contribution is 2.25. The van der Waals surface area contributed by atoms with E-state index in [1.165, 1.54) is 6.42 Å². The Hall–Kier alpha value is -0.660. The molecule has 0 radical (unpaired) electrons. The van der Waals surface area contributed by atoms with Gasteiger partial charge in [-0.15, -0.1) is 0 Å². The molecule has 1 aliphatic carbocycles. The summed E-state index contributed by atoms with van der Waals surface area (Å²) in [5.74, 6) is 0.431. The van der Waals surface area contributed by atoms with Gasteiger partial charge in [0.1, 0.15) is 0 Å². The molecule has 0 spiro atoms. The molecule has 18 heavy (non-hydrogen) atoms. The van der Waals surface area contributed by atoms with Crippen LogP contribution in [0.4, 0.5) is 0 Å². The van der Waals surface area contributed by atoms with Crippen LogP contribution >= 0.6 is 0 Å². The van der Waals surface area contributed by atoms with Crippen LogP contribution in [-0.4, -0.2) is 46.3 Å². The normalized spacial score (nSPS) is 21.1. The zero-order valence-electron chi connectivity index (χ0n) is 10.4. The summed E-state index contributed by atoms with van der Waals surface area (Å²) in [5, 5.41) is 5.66. The molecule has 2 fully saturated rings. The zero-order valence-corrected chi connectivity index (χ0v) is 11.3. The van der Waals surface area contributed by atoms with Crippen LogP contribution in [0.2, 0.25) is 0 Å². The maximum Gasteiger partial charge on any atom is 0.225 e. The summed E-state index contributed by atoms with van der Waals surface area (Å²) in [5.41, 5.74) is 0. The third kappa shape index (κ3) is 3.93. The largest absolute Gasteiger partial charge is 0.355 e. The Labute approximate surface area is 108 Å². The van der Waals surface area contributed by atoms with Gasteiger partial charge in [-0.05, 0) is 18.8 Å². The maximum atomic E-state index is 11.6. The van der Waals surface area contributed by atoms with Crippen LogP contribution in [0, 0.1) is 11.8 Å². The topological polar surface area (TPSA) is 87.3 Å². The van der Waals surface area contributed by atoms with Crippen molar-refractivity contribution in [1.29, 1.82) is 0 Å². The summed E-state index contributed by atoms with van der Waals surface area (Å²) in [6, 6.07) is 0. The molecule has 0 bridgehead atoms. The van der Waals surface area contributed by atoms with Crippen molar-refractivity contribution in [2.24, 2.45) is 11.8 Å². The second-order valence-electron chi connectivity index (χ2n) is 5.11. The summed E-state index contributed by atoms with van der Waals surface area (Å²) >= 11 is 0. The Morgan fingerprint density at radius 2 is 2.00 bits per heavy atom. The van der Waals surface area contributed by atoms with E-state index in [0.29, 0.717) is 25.6 Å². The number of sulfonamides is 1. The third-order valence-electron chi connectivity index (χ3n) is 3.64. The highest BCUT2D eigenvalue weighted by atomic mass is 32.2. The molecule has 0 aromatic rings. The van der Waals surface area contributed by atoms with E-state index in [0.717, 1.165) is 12.8 Å². The molecule has 104 valence electrons. The smallest absolute Gasteiger partial charge is 0.225 e. The van der Waals surface area contributed by atoms with Crippen molar-refractivity contribution in [1.82, 2.24) is 15.4 Å². The minimum absolute atomic E-state index is 0.00985. The Bertz CT molecular complexity index is 388. The molecular weight excluding hydrogens is 254 g/mol. The summed E-state index contributed by atoms with van der Waals surface area (Å²) in [4.78, 5) is 11.5. The van der Waals surface area contributed by atoms with Crippen molar-refractivity contribution in [2.75, 3.05) is 31.9 Å². The molecule has 0 aromatic heterocycles. The van der Waals surface area contributed by atoms with Crippen LogP contribution in [0.3, 0.4) is 0 Å². The third-order valence-corrected chi connectivity index (χ3v) is 4.99. The van der Waals surface area contributed by atoms with Gasteiger partial charge in [0.2, 0.25) is 15.9 Å². The number of hydrogen-bond donors (Lipinski definition) is 3. The standard InChI is InChI=1S/C11H21N3O3S/c15-11(10-7-12-8-10)13-4-5-18(16,17)14-6-9-2-1-3-9/h9-10,12,14H,1-8H2,(H,13,15). The molecule has 7 heteroatoms. The minimum Gasteiger partial charge on any atom is -0.355 e. The molecule has 2 aliphatic rings. The van der Waals surface area contributed by atoms with Crippen LogP contribution < -0.4 is 15.4 Å². The monoisotopic (exact) mass is 275 g/mol. The van der Waals surface area contributed by atoms with Crippen molar-refractivity contribution < 1.29 is 13.2 Å². The minimum atomic E-state index is -3.24. The lowest BCUT2D eigenvalue weighted by atomic mass is 9.86. The summed E-state index contributed by atoms with van der Waals surface area (Å²) in [6.45, 7) is 2.12. The quantitative estimate of drug-likeness (QED) is 0.558. The molecule has 0 unspecified atom stereocenters. The van der Waals surface area contributed by atoms with Gasteiger partial charge in [-0.3, -0.25) is 4.79 Å². The van der Waals surface area contributed by atoms with Crippen LogP contribution in [0.5, 0.6) is 0 Å². The predicted molar refractivity (Wildman–Crippen MR) is 68.5 cm³/mol. The van der Waals surface area contributed by atoms with E-state index in [4.69, 9.17) is 0 Å². The predicted octanol–water partition coefficient (Wildman–Crippen LogP) is -0.958. The van der Waals surface area contributed by atoms with Gasteiger partial charge in [0.25, 0.3) is 0 Å². The maximum absolute atomic E-state index is 11.6. The van der Waals surface area contributed by atoms with Crippen molar-refractivity contribution in [3.63, 3.8) is 0 Å². The first-order valence-electron chi connectivity index (χ1n) is 6.52. The molecule has 1 saturated heterocycles. The van der Waals surface area contributed by atoms with Gasteiger partial charge in [-0.1, -0.05) is 6.42 Å². The van der Waals surface area contributed by atoms with E-state index in [-0.39, 0.29) is 24.1 Å². The molecule has 3 N–H and O–H groups in total. The van der Waals surface area contributed by atoms with Gasteiger partial charge in [0, 0.05) is 26.2 Å². The lowest BCUT2D eigenvalue weighted by Gasteiger charge is -2.26. The fourth-order valence-electron chi connectivity index (χ4n) is 1.94. The molecule has 6 nitrogen and oxygen atoms in total. The molecule has 1 aliphatic heterocycles. The second-order valence-corrected chi connectivity index (χ2v) is 7.04. The van der Waals surface area contributed by atoms with Crippen molar-refractivity contribution in [2.45, 2.75) is 19.3 Å².